The van der Waals surface area contributed by atoms with Crippen LogP contribution in [0.1, 0.15) is 49.0 Å². The van der Waals surface area contributed by atoms with E-state index in [1.54, 1.807) is 11.0 Å². The molecule has 1 aliphatic heterocycles. The van der Waals surface area contributed by atoms with Crippen molar-refractivity contribution in [3.8, 4) is 0 Å². The first kappa shape index (κ1) is 17.2. The Morgan fingerprint density at radius 3 is 2.61 bits per heavy atom. The predicted molar refractivity (Wildman–Crippen MR) is 82.9 cm³/mol. The number of amides is 1. The van der Waals surface area contributed by atoms with Gasteiger partial charge in [0.2, 0.25) is 0 Å². The van der Waals surface area contributed by atoms with Crippen molar-refractivity contribution >= 4 is 12.1 Å². The maximum Gasteiger partial charge on any atom is 0.410 e. The quantitative estimate of drug-likeness (QED) is 0.783. The van der Waals surface area contributed by atoms with Crippen molar-refractivity contribution in [2.45, 2.75) is 38.7 Å². The topological polar surface area (TPSA) is 55.8 Å². The Bertz CT molecular complexity index is 609. The average molecular weight is 323 g/mol. The number of hydrogen-bond donors (Lipinski definition) is 0. The molecule has 126 valence electrons. The fraction of sp³-hybridized carbons (Fsp3) is 0.529. The molecule has 23 heavy (non-hydrogen) atoms. The van der Waals surface area contributed by atoms with Gasteiger partial charge in [0.15, 0.2) is 0 Å². The zero-order valence-electron chi connectivity index (χ0n) is 13.9. The molecule has 1 fully saturated rings. The highest BCUT2D eigenvalue weighted by Crippen LogP contribution is 2.29. The van der Waals surface area contributed by atoms with E-state index in [0.29, 0.717) is 13.1 Å². The summed E-state index contributed by atoms with van der Waals surface area (Å²) in [5, 5.41) is 0. The summed E-state index contributed by atoms with van der Waals surface area (Å²) in [6.07, 6.45) is 0.390. The molecule has 0 spiro atoms. The average Bonchev–Trinajstić information content (AvgIpc) is 2.95. The summed E-state index contributed by atoms with van der Waals surface area (Å²) in [6.45, 7) is 6.52. The van der Waals surface area contributed by atoms with Crippen LogP contribution in [0.2, 0.25) is 0 Å². The highest BCUT2D eigenvalue weighted by atomic mass is 19.1. The number of ether oxygens (including phenoxy) is 2. The van der Waals surface area contributed by atoms with Gasteiger partial charge in [0.25, 0.3) is 0 Å². The van der Waals surface area contributed by atoms with E-state index in [1.165, 1.54) is 19.2 Å². The van der Waals surface area contributed by atoms with Gasteiger partial charge in [-0.3, -0.25) is 0 Å². The molecule has 0 saturated carbocycles. The van der Waals surface area contributed by atoms with E-state index in [0.717, 1.165) is 12.0 Å². The lowest BCUT2D eigenvalue weighted by atomic mass is 9.96. The van der Waals surface area contributed by atoms with Gasteiger partial charge in [-0.15, -0.1) is 0 Å². The van der Waals surface area contributed by atoms with E-state index in [2.05, 4.69) is 4.74 Å². The smallest absolute Gasteiger partial charge is 0.410 e. The highest BCUT2D eigenvalue weighted by molar-refractivity contribution is 5.89. The van der Waals surface area contributed by atoms with E-state index in [9.17, 15) is 14.0 Å². The number of halogens is 1. The van der Waals surface area contributed by atoms with Crippen LogP contribution < -0.4 is 0 Å². The van der Waals surface area contributed by atoms with Gasteiger partial charge >= 0.3 is 12.1 Å². The van der Waals surface area contributed by atoms with E-state index in [-0.39, 0.29) is 17.6 Å². The molecule has 1 saturated heterocycles. The molecule has 1 atom stereocenters. The van der Waals surface area contributed by atoms with E-state index >= 15 is 0 Å². The van der Waals surface area contributed by atoms with Crippen molar-refractivity contribution in [1.29, 1.82) is 0 Å². The maximum absolute atomic E-state index is 13.7. The highest BCUT2D eigenvalue weighted by Gasteiger charge is 2.31. The maximum atomic E-state index is 13.7. The molecule has 6 heteroatoms. The third kappa shape index (κ3) is 4.21. The number of carbonyl (C=O) groups excluding carboxylic acids is 2. The van der Waals surface area contributed by atoms with Crippen LogP contribution in [0.3, 0.4) is 0 Å². The van der Waals surface area contributed by atoms with Crippen molar-refractivity contribution in [3.05, 3.63) is 35.1 Å². The second-order valence-electron chi connectivity index (χ2n) is 6.64. The van der Waals surface area contributed by atoms with Crippen molar-refractivity contribution in [2.24, 2.45) is 0 Å². The molecule has 1 aromatic rings. The van der Waals surface area contributed by atoms with E-state index < -0.39 is 17.4 Å². The van der Waals surface area contributed by atoms with Gasteiger partial charge < -0.3 is 14.4 Å². The molecule has 1 heterocycles. The summed E-state index contributed by atoms with van der Waals surface area (Å²) in [5.74, 6) is -1.26. The standard InChI is InChI=1S/C17H22FNO4/c1-17(2,3)23-16(21)19-8-7-12(10-19)11-5-6-14(18)13(9-11)15(20)22-4/h5-6,9,12H,7-8,10H2,1-4H3/t12-/m1/s1. The SMILES string of the molecule is COC(=O)c1cc([C@@H]2CCN(C(=O)OC(C)(C)C)C2)ccc1F. The normalized spacial score (nSPS) is 18.0. The molecule has 1 aromatic carbocycles. The fourth-order valence-corrected chi connectivity index (χ4v) is 2.59. The van der Waals surface area contributed by atoms with Crippen LogP contribution in [-0.4, -0.2) is 42.8 Å². The molecule has 1 amide bonds. The second kappa shape index (κ2) is 6.56. The molecule has 1 aliphatic rings. The number of likely N-dealkylation sites (tertiary alicyclic amines) is 1. The Morgan fingerprint density at radius 2 is 2.00 bits per heavy atom. The molecule has 0 bridgehead atoms. The second-order valence-corrected chi connectivity index (χ2v) is 6.64. The van der Waals surface area contributed by atoms with Crippen LogP contribution >= 0.6 is 0 Å². The van der Waals surface area contributed by atoms with E-state index in [1.807, 2.05) is 20.8 Å². The van der Waals surface area contributed by atoms with Gasteiger partial charge in [-0.25, -0.2) is 14.0 Å². The summed E-state index contributed by atoms with van der Waals surface area (Å²) in [5.41, 5.74) is 0.196. The molecule has 0 N–H and O–H groups in total. The Morgan fingerprint density at radius 1 is 1.30 bits per heavy atom. The van der Waals surface area contributed by atoms with Crippen LogP contribution in [0.25, 0.3) is 0 Å². The molecular weight excluding hydrogens is 301 g/mol. The lowest BCUT2D eigenvalue weighted by Gasteiger charge is -2.24. The number of benzene rings is 1. The molecule has 0 unspecified atom stereocenters. The van der Waals surface area contributed by atoms with Crippen LogP contribution in [0, 0.1) is 5.82 Å². The molecule has 5 nitrogen and oxygen atoms in total. The van der Waals surface area contributed by atoms with Crippen LogP contribution in [0.5, 0.6) is 0 Å². The Labute approximate surface area is 135 Å². The number of nitrogens with zero attached hydrogens (tertiary/aromatic N) is 1. The molecule has 0 radical (unpaired) electrons. The monoisotopic (exact) mass is 323 g/mol. The van der Waals surface area contributed by atoms with Gasteiger partial charge in [-0.2, -0.15) is 0 Å². The van der Waals surface area contributed by atoms with Gasteiger partial charge in [-0.05, 0) is 44.9 Å². The van der Waals surface area contributed by atoms with Gasteiger partial charge in [-0.1, -0.05) is 6.07 Å². The summed E-state index contributed by atoms with van der Waals surface area (Å²) >= 11 is 0. The lowest BCUT2D eigenvalue weighted by molar-refractivity contribution is 0.0292. The summed E-state index contributed by atoms with van der Waals surface area (Å²) in [4.78, 5) is 25.3. The number of carbonyl (C=O) groups is 2. The number of esters is 1. The third-order valence-corrected chi connectivity index (χ3v) is 3.71. The fourth-order valence-electron chi connectivity index (χ4n) is 2.59. The summed E-state index contributed by atoms with van der Waals surface area (Å²) < 4.78 is 23.6. The number of hydrogen-bond acceptors (Lipinski definition) is 4. The van der Waals surface area contributed by atoms with Crippen LogP contribution in [-0.2, 0) is 9.47 Å². The minimum absolute atomic E-state index is 0.0477. The Balaban J connectivity index is 2.10. The van der Waals surface area contributed by atoms with Gasteiger partial charge in [0.05, 0.1) is 12.7 Å². The number of methoxy groups -OCH3 is 1. The molecule has 0 aliphatic carbocycles. The lowest BCUT2D eigenvalue weighted by Crippen LogP contribution is -2.35. The zero-order chi connectivity index (χ0) is 17.2. The minimum Gasteiger partial charge on any atom is -0.465 e. The van der Waals surface area contributed by atoms with Crippen LogP contribution in [0.4, 0.5) is 9.18 Å². The first-order valence-corrected chi connectivity index (χ1v) is 7.57. The third-order valence-electron chi connectivity index (χ3n) is 3.71. The first-order chi connectivity index (χ1) is 10.7. The van der Waals surface area contributed by atoms with Gasteiger partial charge in [0.1, 0.15) is 11.4 Å². The molecular formula is C17H22FNO4. The molecule has 2 rings (SSSR count). The van der Waals surface area contributed by atoms with Crippen LogP contribution in [0.15, 0.2) is 18.2 Å². The van der Waals surface area contributed by atoms with Crippen molar-refractivity contribution in [3.63, 3.8) is 0 Å². The zero-order valence-corrected chi connectivity index (χ0v) is 13.9. The van der Waals surface area contributed by atoms with Crippen molar-refractivity contribution in [2.75, 3.05) is 20.2 Å². The first-order valence-electron chi connectivity index (χ1n) is 7.57. The van der Waals surface area contributed by atoms with Gasteiger partial charge in [0, 0.05) is 19.0 Å². The Hall–Kier alpha value is -2.11. The van der Waals surface area contributed by atoms with Crippen molar-refractivity contribution < 1.29 is 23.5 Å². The predicted octanol–water partition coefficient (Wildman–Crippen LogP) is 3.34. The minimum atomic E-state index is -0.702. The molecule has 0 aromatic heterocycles. The van der Waals surface area contributed by atoms with E-state index in [4.69, 9.17) is 4.74 Å². The number of rotatable bonds is 2. The summed E-state index contributed by atoms with van der Waals surface area (Å²) in [7, 11) is 1.22. The summed E-state index contributed by atoms with van der Waals surface area (Å²) in [6, 6.07) is 4.41. The Kier molecular flexibility index (Phi) is 4.92. The van der Waals surface area contributed by atoms with Crippen molar-refractivity contribution in [1.82, 2.24) is 4.90 Å². The largest absolute Gasteiger partial charge is 0.465 e.